The molecule has 4 aromatic rings. The van der Waals surface area contributed by atoms with E-state index in [2.05, 4.69) is 9.97 Å². The van der Waals surface area contributed by atoms with E-state index in [1.165, 1.54) is 0 Å². The highest BCUT2D eigenvalue weighted by molar-refractivity contribution is 5.92. The lowest BCUT2D eigenvalue weighted by Crippen LogP contribution is -2.10. The second-order valence-electron chi connectivity index (χ2n) is 6.75. The molecule has 0 saturated heterocycles. The van der Waals surface area contributed by atoms with Crippen LogP contribution in [0.4, 0.5) is 5.95 Å². The third-order valence-corrected chi connectivity index (χ3v) is 4.61. The summed E-state index contributed by atoms with van der Waals surface area (Å²) in [5.41, 5.74) is 15.6. The Bertz CT molecular complexity index is 1160. The second kappa shape index (κ2) is 7.98. The molecule has 6 nitrogen and oxygen atoms in total. The Balaban J connectivity index is 1.61. The molecule has 1 amide bonds. The summed E-state index contributed by atoms with van der Waals surface area (Å²) in [5.74, 6) is 0.204. The summed E-state index contributed by atoms with van der Waals surface area (Å²) >= 11 is 0. The monoisotopic (exact) mass is 384 g/mol. The number of carbonyl (C=O) groups excluding carboxylic acids is 1. The van der Waals surface area contributed by atoms with E-state index in [4.69, 9.17) is 16.2 Å². The molecule has 4 rings (SSSR count). The highest BCUT2D eigenvalue weighted by atomic mass is 16.5. The topological polar surface area (TPSA) is 104 Å². The Labute approximate surface area is 168 Å². The minimum atomic E-state index is -0.433. The van der Waals surface area contributed by atoms with E-state index >= 15 is 0 Å². The average Bonchev–Trinajstić information content (AvgIpc) is 2.73. The Morgan fingerprint density at radius 2 is 1.59 bits per heavy atom. The molecule has 0 aliphatic carbocycles. The van der Waals surface area contributed by atoms with Gasteiger partial charge in [0.25, 0.3) is 0 Å². The van der Waals surface area contributed by atoms with Gasteiger partial charge in [-0.25, -0.2) is 4.98 Å². The Hall–Kier alpha value is -3.93. The van der Waals surface area contributed by atoms with Gasteiger partial charge >= 0.3 is 0 Å². The van der Waals surface area contributed by atoms with E-state index in [1.54, 1.807) is 12.1 Å². The molecule has 0 unspecified atom stereocenters. The van der Waals surface area contributed by atoms with E-state index in [-0.39, 0.29) is 5.95 Å². The number of amides is 1. The normalized spacial score (nSPS) is 10.8. The highest BCUT2D eigenvalue weighted by Crippen LogP contribution is 2.26. The number of benzene rings is 3. The maximum atomic E-state index is 11.2. The molecule has 29 heavy (non-hydrogen) atoms. The van der Waals surface area contributed by atoms with E-state index in [9.17, 15) is 4.79 Å². The van der Waals surface area contributed by atoms with Crippen molar-refractivity contribution < 1.29 is 9.53 Å². The molecule has 6 heteroatoms. The van der Waals surface area contributed by atoms with Crippen LogP contribution in [0.25, 0.3) is 10.9 Å². The number of hydrogen-bond donors (Lipinski definition) is 2. The SMILES string of the molecule is NC(=O)c1ccc(Cc2ccc3nc(N)nc(OCc4ccccc4)c3c2)cc1. The van der Waals surface area contributed by atoms with Crippen molar-refractivity contribution in [3.63, 3.8) is 0 Å². The van der Waals surface area contributed by atoms with E-state index in [0.29, 0.717) is 24.5 Å². The first kappa shape index (κ1) is 18.4. The summed E-state index contributed by atoms with van der Waals surface area (Å²) < 4.78 is 5.95. The number of nitrogen functional groups attached to an aromatic ring is 1. The van der Waals surface area contributed by atoms with Gasteiger partial charge in [-0.1, -0.05) is 48.5 Å². The smallest absolute Gasteiger partial charge is 0.248 e. The molecule has 0 fully saturated rings. The maximum absolute atomic E-state index is 11.2. The summed E-state index contributed by atoms with van der Waals surface area (Å²) in [6, 6.07) is 23.1. The first-order chi connectivity index (χ1) is 14.1. The minimum absolute atomic E-state index is 0.176. The van der Waals surface area contributed by atoms with Crippen molar-refractivity contribution >= 4 is 22.8 Å². The first-order valence-electron chi connectivity index (χ1n) is 9.20. The number of anilines is 1. The molecule has 0 bridgehead atoms. The van der Waals surface area contributed by atoms with E-state index in [1.807, 2.05) is 60.7 Å². The van der Waals surface area contributed by atoms with Gasteiger partial charge in [-0.2, -0.15) is 4.98 Å². The van der Waals surface area contributed by atoms with Crippen LogP contribution in [0.1, 0.15) is 27.0 Å². The standard InChI is InChI=1S/C23H20N4O2/c24-21(28)18-9-6-15(7-10-18)12-17-8-11-20-19(13-17)22(27-23(25)26-20)29-14-16-4-2-1-3-5-16/h1-11,13H,12,14H2,(H2,24,28)(H2,25,26,27). The zero-order valence-corrected chi connectivity index (χ0v) is 15.7. The fourth-order valence-electron chi connectivity index (χ4n) is 3.13. The first-order valence-corrected chi connectivity index (χ1v) is 9.20. The molecular formula is C23H20N4O2. The number of ether oxygens (including phenoxy) is 1. The minimum Gasteiger partial charge on any atom is -0.472 e. The van der Waals surface area contributed by atoms with Gasteiger partial charge in [0, 0.05) is 5.56 Å². The zero-order chi connectivity index (χ0) is 20.2. The number of rotatable bonds is 6. The van der Waals surface area contributed by atoms with Gasteiger partial charge in [-0.3, -0.25) is 4.79 Å². The number of aromatic nitrogens is 2. The lowest BCUT2D eigenvalue weighted by molar-refractivity contribution is 0.100. The molecule has 0 saturated carbocycles. The summed E-state index contributed by atoms with van der Waals surface area (Å²) in [5, 5.41) is 0.807. The number of hydrogen-bond acceptors (Lipinski definition) is 5. The van der Waals surface area contributed by atoms with Crippen LogP contribution >= 0.6 is 0 Å². The molecule has 0 aliphatic heterocycles. The molecule has 0 spiro atoms. The van der Waals surface area contributed by atoms with Crippen LogP contribution in [0.2, 0.25) is 0 Å². The third kappa shape index (κ3) is 4.32. The van der Waals surface area contributed by atoms with Gasteiger partial charge < -0.3 is 16.2 Å². The van der Waals surface area contributed by atoms with Crippen LogP contribution < -0.4 is 16.2 Å². The number of primary amides is 1. The fraction of sp³-hybridized carbons (Fsp3) is 0.0870. The molecular weight excluding hydrogens is 364 g/mol. The number of carbonyl (C=O) groups is 1. The van der Waals surface area contributed by atoms with Crippen molar-refractivity contribution in [1.82, 2.24) is 9.97 Å². The maximum Gasteiger partial charge on any atom is 0.248 e. The molecule has 1 heterocycles. The average molecular weight is 384 g/mol. The summed E-state index contributed by atoms with van der Waals surface area (Å²) in [7, 11) is 0. The molecule has 0 radical (unpaired) electrons. The van der Waals surface area contributed by atoms with Crippen molar-refractivity contribution in [2.45, 2.75) is 13.0 Å². The number of fused-ring (bicyclic) bond motifs is 1. The van der Waals surface area contributed by atoms with Gasteiger partial charge in [0.15, 0.2) is 0 Å². The van der Waals surface area contributed by atoms with Crippen molar-refractivity contribution in [2.24, 2.45) is 5.73 Å². The Morgan fingerprint density at radius 3 is 2.31 bits per heavy atom. The third-order valence-electron chi connectivity index (χ3n) is 4.61. The van der Waals surface area contributed by atoms with Gasteiger partial charge in [0.1, 0.15) is 6.61 Å². The lowest BCUT2D eigenvalue weighted by atomic mass is 10.0. The van der Waals surface area contributed by atoms with Gasteiger partial charge in [-0.15, -0.1) is 0 Å². The number of nitrogens with zero attached hydrogens (tertiary/aromatic N) is 2. The summed E-state index contributed by atoms with van der Waals surface area (Å²) in [6.45, 7) is 0.394. The summed E-state index contributed by atoms with van der Waals surface area (Å²) in [6.07, 6.45) is 0.692. The molecule has 144 valence electrons. The number of nitrogens with two attached hydrogens (primary N) is 2. The quantitative estimate of drug-likeness (QED) is 0.530. The largest absolute Gasteiger partial charge is 0.472 e. The predicted molar refractivity (Wildman–Crippen MR) is 112 cm³/mol. The predicted octanol–water partition coefficient (Wildman–Crippen LogP) is 3.48. The fourth-order valence-corrected chi connectivity index (χ4v) is 3.13. The van der Waals surface area contributed by atoms with Crippen LogP contribution in [0.5, 0.6) is 5.88 Å². The Morgan fingerprint density at radius 1 is 0.862 bits per heavy atom. The van der Waals surface area contributed by atoms with Gasteiger partial charge in [-0.05, 0) is 47.4 Å². The van der Waals surface area contributed by atoms with E-state index < -0.39 is 5.91 Å². The second-order valence-corrected chi connectivity index (χ2v) is 6.75. The van der Waals surface area contributed by atoms with Crippen molar-refractivity contribution in [3.8, 4) is 5.88 Å². The highest BCUT2D eigenvalue weighted by Gasteiger charge is 2.10. The summed E-state index contributed by atoms with van der Waals surface area (Å²) in [4.78, 5) is 19.8. The molecule has 1 aromatic heterocycles. The van der Waals surface area contributed by atoms with Crippen LogP contribution in [0, 0.1) is 0 Å². The molecule has 0 aliphatic rings. The van der Waals surface area contributed by atoms with Crippen LogP contribution in [0.3, 0.4) is 0 Å². The molecule has 3 aromatic carbocycles. The Kier molecular flexibility index (Phi) is 5.07. The van der Waals surface area contributed by atoms with E-state index in [0.717, 1.165) is 27.6 Å². The molecule has 4 N–H and O–H groups in total. The van der Waals surface area contributed by atoms with Gasteiger partial charge in [0.05, 0.1) is 10.9 Å². The lowest BCUT2D eigenvalue weighted by Gasteiger charge is -2.11. The molecule has 0 atom stereocenters. The van der Waals surface area contributed by atoms with Gasteiger partial charge in [0.2, 0.25) is 17.7 Å². The zero-order valence-electron chi connectivity index (χ0n) is 15.7. The van der Waals surface area contributed by atoms with Crippen LogP contribution in [-0.4, -0.2) is 15.9 Å². The van der Waals surface area contributed by atoms with Crippen LogP contribution in [-0.2, 0) is 13.0 Å². The van der Waals surface area contributed by atoms with Crippen molar-refractivity contribution in [2.75, 3.05) is 5.73 Å². The van der Waals surface area contributed by atoms with Crippen molar-refractivity contribution in [3.05, 3.63) is 95.1 Å². The van der Waals surface area contributed by atoms with Crippen molar-refractivity contribution in [1.29, 1.82) is 0 Å². The van der Waals surface area contributed by atoms with Crippen LogP contribution in [0.15, 0.2) is 72.8 Å².